The van der Waals surface area contributed by atoms with Gasteiger partial charge < -0.3 is 15.0 Å². The maximum atomic E-state index is 13.7. The van der Waals surface area contributed by atoms with Crippen LogP contribution in [0.25, 0.3) is 0 Å². The number of hydrogen-bond acceptors (Lipinski definition) is 5. The Bertz CT molecular complexity index is 1150. The molecule has 1 N–H and O–H groups in total. The zero-order chi connectivity index (χ0) is 26.4. The summed E-state index contributed by atoms with van der Waals surface area (Å²) in [5.41, 5.74) is 0.421. The Balaban J connectivity index is 2.49. The number of benzene rings is 2. The van der Waals surface area contributed by atoms with E-state index >= 15 is 0 Å². The number of carbonyl (C=O) groups is 2. The first-order valence-electron chi connectivity index (χ1n) is 11.2. The Morgan fingerprint density at radius 2 is 1.77 bits per heavy atom. The summed E-state index contributed by atoms with van der Waals surface area (Å²) >= 11 is 6.36. The van der Waals surface area contributed by atoms with Crippen molar-refractivity contribution in [3.05, 3.63) is 59.1 Å². The van der Waals surface area contributed by atoms with Crippen LogP contribution in [0.2, 0.25) is 5.02 Å². The van der Waals surface area contributed by atoms with E-state index in [0.717, 1.165) is 10.6 Å². The minimum Gasteiger partial charge on any atom is -0.497 e. The van der Waals surface area contributed by atoms with Crippen molar-refractivity contribution in [3.8, 4) is 5.75 Å². The van der Waals surface area contributed by atoms with Crippen LogP contribution in [0, 0.1) is 0 Å². The Morgan fingerprint density at radius 3 is 2.31 bits per heavy atom. The lowest BCUT2D eigenvalue weighted by Crippen LogP contribution is -2.55. The number of nitrogens with one attached hydrogen (secondary N) is 1. The van der Waals surface area contributed by atoms with Gasteiger partial charge in [-0.1, -0.05) is 42.8 Å². The predicted octanol–water partition coefficient (Wildman–Crippen LogP) is 3.84. The maximum absolute atomic E-state index is 13.7. The molecule has 0 aliphatic rings. The fourth-order valence-corrected chi connectivity index (χ4v) is 4.60. The zero-order valence-corrected chi connectivity index (χ0v) is 22.6. The van der Waals surface area contributed by atoms with E-state index in [9.17, 15) is 18.0 Å². The van der Waals surface area contributed by atoms with E-state index in [1.165, 1.54) is 18.1 Å². The molecular weight excluding hydrogens is 490 g/mol. The number of hydrogen-bond donors (Lipinski definition) is 1. The number of anilines is 1. The van der Waals surface area contributed by atoms with Gasteiger partial charge in [0.1, 0.15) is 18.3 Å². The minimum atomic E-state index is -3.83. The van der Waals surface area contributed by atoms with Crippen molar-refractivity contribution >= 4 is 39.1 Å². The van der Waals surface area contributed by atoms with E-state index in [4.69, 9.17) is 16.3 Å². The second kappa shape index (κ2) is 11.8. The van der Waals surface area contributed by atoms with Crippen molar-refractivity contribution in [2.75, 3.05) is 24.2 Å². The molecule has 192 valence electrons. The molecule has 0 radical (unpaired) electrons. The van der Waals surface area contributed by atoms with E-state index in [-0.39, 0.29) is 18.1 Å². The van der Waals surface area contributed by atoms with E-state index in [1.807, 2.05) is 20.8 Å². The van der Waals surface area contributed by atoms with Gasteiger partial charge in [0, 0.05) is 23.2 Å². The number of sulfonamides is 1. The standard InChI is InChI=1S/C25H34ClN3O5S/c1-7-22(24(31)27-25(2,3)4)28(16-18-11-8-9-14-21(18)26)23(30)17-29(35(6,32)33)19-12-10-13-20(15-19)34-5/h8-15,22H,7,16-17H2,1-6H3,(H,27,31)/t22-/m1/s1. The summed E-state index contributed by atoms with van der Waals surface area (Å²) in [5, 5.41) is 3.37. The molecule has 10 heteroatoms. The second-order valence-electron chi connectivity index (χ2n) is 9.25. The van der Waals surface area contributed by atoms with Gasteiger partial charge in [0.2, 0.25) is 21.8 Å². The van der Waals surface area contributed by atoms with Gasteiger partial charge in [-0.3, -0.25) is 13.9 Å². The molecule has 0 aliphatic heterocycles. The van der Waals surface area contributed by atoms with E-state index in [2.05, 4.69) is 5.32 Å². The highest BCUT2D eigenvalue weighted by molar-refractivity contribution is 7.92. The fourth-order valence-electron chi connectivity index (χ4n) is 3.56. The smallest absolute Gasteiger partial charge is 0.244 e. The minimum absolute atomic E-state index is 0.0459. The van der Waals surface area contributed by atoms with Crippen LogP contribution in [-0.4, -0.2) is 56.6 Å². The molecule has 1 atom stereocenters. The first-order chi connectivity index (χ1) is 16.3. The number of ether oxygens (including phenoxy) is 1. The van der Waals surface area contributed by atoms with E-state index < -0.39 is 34.1 Å². The molecule has 2 amide bonds. The normalized spacial score (nSPS) is 12.5. The highest BCUT2D eigenvalue weighted by Crippen LogP contribution is 2.25. The Kier molecular flexibility index (Phi) is 9.57. The second-order valence-corrected chi connectivity index (χ2v) is 11.6. The number of methoxy groups -OCH3 is 1. The number of carbonyl (C=O) groups excluding carboxylic acids is 2. The van der Waals surface area contributed by atoms with Crippen molar-refractivity contribution < 1.29 is 22.7 Å². The van der Waals surface area contributed by atoms with Gasteiger partial charge in [-0.2, -0.15) is 0 Å². The lowest BCUT2D eigenvalue weighted by Gasteiger charge is -2.34. The third-order valence-corrected chi connectivity index (χ3v) is 6.71. The summed E-state index contributed by atoms with van der Waals surface area (Å²) in [5.74, 6) is -0.408. The monoisotopic (exact) mass is 523 g/mol. The molecule has 0 fully saturated rings. The Morgan fingerprint density at radius 1 is 1.11 bits per heavy atom. The SMILES string of the molecule is CC[C@H](C(=O)NC(C)(C)C)N(Cc1ccccc1Cl)C(=O)CN(c1cccc(OC)c1)S(C)(=O)=O. The Labute approximate surface area is 213 Å². The lowest BCUT2D eigenvalue weighted by atomic mass is 10.1. The van der Waals surface area contributed by atoms with Crippen molar-refractivity contribution in [2.24, 2.45) is 0 Å². The van der Waals surface area contributed by atoms with Crippen LogP contribution in [0.3, 0.4) is 0 Å². The third-order valence-electron chi connectivity index (χ3n) is 5.20. The van der Waals surface area contributed by atoms with Gasteiger partial charge in [-0.15, -0.1) is 0 Å². The third kappa shape index (κ3) is 8.14. The molecule has 0 aromatic heterocycles. The summed E-state index contributed by atoms with van der Waals surface area (Å²) in [7, 11) is -2.36. The summed E-state index contributed by atoms with van der Waals surface area (Å²) in [4.78, 5) is 28.2. The molecule has 0 heterocycles. The highest BCUT2D eigenvalue weighted by Gasteiger charge is 2.33. The molecule has 2 aromatic rings. The zero-order valence-electron chi connectivity index (χ0n) is 21.0. The predicted molar refractivity (Wildman–Crippen MR) is 139 cm³/mol. The molecule has 35 heavy (non-hydrogen) atoms. The van der Waals surface area contributed by atoms with E-state index in [0.29, 0.717) is 22.8 Å². The number of rotatable bonds is 10. The highest BCUT2D eigenvalue weighted by atomic mass is 35.5. The molecule has 0 spiro atoms. The maximum Gasteiger partial charge on any atom is 0.244 e. The summed E-state index contributed by atoms with van der Waals surface area (Å²) < 4.78 is 31.6. The average Bonchev–Trinajstić information content (AvgIpc) is 2.76. The quantitative estimate of drug-likeness (QED) is 0.510. The van der Waals surface area contributed by atoms with Gasteiger partial charge in [0.15, 0.2) is 0 Å². The van der Waals surface area contributed by atoms with E-state index in [1.54, 1.807) is 49.4 Å². The van der Waals surface area contributed by atoms with Gasteiger partial charge in [0.25, 0.3) is 0 Å². The first kappa shape index (κ1) is 28.5. The van der Waals surface area contributed by atoms with Crippen molar-refractivity contribution in [1.29, 1.82) is 0 Å². The molecular formula is C25H34ClN3O5S. The van der Waals surface area contributed by atoms with Crippen LogP contribution in [0.1, 0.15) is 39.7 Å². The number of amides is 2. The van der Waals surface area contributed by atoms with Gasteiger partial charge in [0.05, 0.1) is 19.1 Å². The van der Waals surface area contributed by atoms with Gasteiger partial charge >= 0.3 is 0 Å². The van der Waals surface area contributed by atoms with Crippen LogP contribution in [0.15, 0.2) is 48.5 Å². The Hall–Kier alpha value is -2.78. The first-order valence-corrected chi connectivity index (χ1v) is 13.5. The van der Waals surface area contributed by atoms with Gasteiger partial charge in [-0.05, 0) is 51.0 Å². The molecule has 0 unspecified atom stereocenters. The summed E-state index contributed by atoms with van der Waals surface area (Å²) in [6, 6.07) is 12.7. The van der Waals surface area contributed by atoms with Crippen LogP contribution in [0.5, 0.6) is 5.75 Å². The van der Waals surface area contributed by atoms with Crippen LogP contribution in [-0.2, 0) is 26.2 Å². The topological polar surface area (TPSA) is 96.0 Å². The van der Waals surface area contributed by atoms with Gasteiger partial charge in [-0.25, -0.2) is 8.42 Å². The lowest BCUT2D eigenvalue weighted by molar-refractivity contribution is -0.141. The molecule has 8 nitrogen and oxygen atoms in total. The largest absolute Gasteiger partial charge is 0.497 e. The van der Waals surface area contributed by atoms with Crippen molar-refractivity contribution in [3.63, 3.8) is 0 Å². The molecule has 0 saturated heterocycles. The number of halogens is 1. The van der Waals surface area contributed by atoms with Crippen molar-refractivity contribution in [1.82, 2.24) is 10.2 Å². The van der Waals surface area contributed by atoms with Crippen LogP contribution < -0.4 is 14.4 Å². The average molecular weight is 524 g/mol. The van der Waals surface area contributed by atoms with Crippen LogP contribution in [0.4, 0.5) is 5.69 Å². The fraction of sp³-hybridized carbons (Fsp3) is 0.440. The summed E-state index contributed by atoms with van der Waals surface area (Å²) in [6.45, 7) is 6.92. The molecule has 0 aliphatic carbocycles. The molecule has 2 aromatic carbocycles. The van der Waals surface area contributed by atoms with Crippen LogP contribution >= 0.6 is 11.6 Å². The number of nitrogens with zero attached hydrogens (tertiary/aromatic N) is 2. The van der Waals surface area contributed by atoms with Crippen molar-refractivity contribution in [2.45, 2.75) is 52.2 Å². The molecule has 2 rings (SSSR count). The molecule has 0 saturated carbocycles. The molecule has 0 bridgehead atoms. The summed E-state index contributed by atoms with van der Waals surface area (Å²) in [6.07, 6.45) is 1.36.